The Kier molecular flexibility index (Phi) is 0.663. The van der Waals surface area contributed by atoms with E-state index in [4.69, 9.17) is 11.6 Å². The van der Waals surface area contributed by atoms with E-state index in [-0.39, 0.29) is 11.2 Å². The van der Waals surface area contributed by atoms with Crippen LogP contribution in [0.25, 0.3) is 0 Å². The topological polar surface area (TPSA) is 17.1 Å². The van der Waals surface area contributed by atoms with Crippen molar-refractivity contribution in [2.75, 3.05) is 0 Å². The Balaban J connectivity index is 2.06. The van der Waals surface area contributed by atoms with Gasteiger partial charge >= 0.3 is 0 Å². The van der Waals surface area contributed by atoms with Crippen molar-refractivity contribution in [2.45, 2.75) is 19.3 Å². The van der Waals surface area contributed by atoms with E-state index in [0.29, 0.717) is 5.41 Å². The Hall–Kier alpha value is -0.0400. The summed E-state index contributed by atoms with van der Waals surface area (Å²) < 4.78 is 0. The molecule has 2 aliphatic rings. The van der Waals surface area contributed by atoms with E-state index in [0.717, 1.165) is 6.42 Å². The van der Waals surface area contributed by atoms with Crippen LogP contribution in [-0.2, 0) is 4.79 Å². The summed E-state index contributed by atoms with van der Waals surface area (Å²) in [6.07, 6.45) is 3.57. The maximum absolute atomic E-state index is 10.4. The molecule has 2 heteroatoms. The lowest BCUT2D eigenvalue weighted by molar-refractivity contribution is -0.113. The Morgan fingerprint density at radius 2 is 2.25 bits per heavy atom. The molecule has 2 rings (SSSR count). The van der Waals surface area contributed by atoms with E-state index in [1.54, 1.807) is 0 Å². The van der Waals surface area contributed by atoms with Gasteiger partial charge in [-0.2, -0.15) is 0 Å². The van der Waals surface area contributed by atoms with Crippen molar-refractivity contribution >= 4 is 16.8 Å². The highest BCUT2D eigenvalue weighted by Crippen LogP contribution is 2.71. The first-order valence-electron chi connectivity index (χ1n) is 2.94. The van der Waals surface area contributed by atoms with E-state index < -0.39 is 0 Å². The first-order chi connectivity index (χ1) is 3.75. The Labute approximate surface area is 53.0 Å². The first kappa shape index (κ1) is 4.80. The normalized spacial score (nSPS) is 37.4. The molecule has 1 nitrogen and oxygen atoms in total. The summed E-state index contributed by atoms with van der Waals surface area (Å²) in [5, 5.41) is -0.109. The fourth-order valence-corrected chi connectivity index (χ4v) is 1.69. The molecule has 44 valence electrons. The highest BCUT2D eigenvalue weighted by Gasteiger charge is 2.65. The maximum Gasteiger partial charge on any atom is 0.225 e. The van der Waals surface area contributed by atoms with E-state index in [1.807, 2.05) is 0 Å². The number of halogens is 1. The van der Waals surface area contributed by atoms with Crippen molar-refractivity contribution in [3.63, 3.8) is 0 Å². The van der Waals surface area contributed by atoms with Gasteiger partial charge in [-0.25, -0.2) is 0 Å². The molecule has 2 saturated carbocycles. The molecule has 0 saturated heterocycles. The van der Waals surface area contributed by atoms with E-state index in [1.165, 1.54) is 12.8 Å². The molecular formula is C6H7ClO. The van der Waals surface area contributed by atoms with Gasteiger partial charge in [0.15, 0.2) is 0 Å². The first-order valence-corrected chi connectivity index (χ1v) is 3.32. The van der Waals surface area contributed by atoms with Crippen molar-refractivity contribution in [3.8, 4) is 0 Å². The molecule has 0 aliphatic heterocycles. The molecule has 0 amide bonds. The smallest absolute Gasteiger partial charge is 0.225 e. The minimum Gasteiger partial charge on any atom is -0.281 e. The second kappa shape index (κ2) is 1.10. The molecule has 8 heavy (non-hydrogen) atoms. The summed E-state index contributed by atoms with van der Waals surface area (Å²) in [6, 6.07) is 0. The lowest BCUT2D eigenvalue weighted by atomic mass is 10.3. The molecule has 0 aromatic carbocycles. The SMILES string of the molecule is O=C(Cl)C1CC12CC2. The van der Waals surface area contributed by atoms with Gasteiger partial charge in [0.1, 0.15) is 0 Å². The molecule has 1 atom stereocenters. The zero-order valence-electron chi connectivity index (χ0n) is 4.48. The predicted octanol–water partition coefficient (Wildman–Crippen LogP) is 1.55. The standard InChI is InChI=1S/C6H7ClO/c7-5(8)4-3-6(4)1-2-6/h4H,1-3H2. The van der Waals surface area contributed by atoms with E-state index in [9.17, 15) is 4.79 Å². The van der Waals surface area contributed by atoms with Crippen LogP contribution in [0.3, 0.4) is 0 Å². The highest BCUT2D eigenvalue weighted by molar-refractivity contribution is 6.64. The van der Waals surface area contributed by atoms with Crippen molar-refractivity contribution in [2.24, 2.45) is 11.3 Å². The monoisotopic (exact) mass is 130 g/mol. The van der Waals surface area contributed by atoms with Crippen LogP contribution in [0.15, 0.2) is 0 Å². The van der Waals surface area contributed by atoms with Crippen LogP contribution in [0.5, 0.6) is 0 Å². The number of rotatable bonds is 1. The average molecular weight is 131 g/mol. The maximum atomic E-state index is 10.4. The van der Waals surface area contributed by atoms with Crippen LogP contribution in [0.1, 0.15) is 19.3 Å². The second-order valence-electron chi connectivity index (χ2n) is 2.92. The zero-order chi connectivity index (χ0) is 5.78. The summed E-state index contributed by atoms with van der Waals surface area (Å²) >= 11 is 5.26. The molecule has 1 unspecified atom stereocenters. The van der Waals surface area contributed by atoms with Gasteiger partial charge in [0.05, 0.1) is 0 Å². The molecule has 0 aromatic heterocycles. The van der Waals surface area contributed by atoms with Gasteiger partial charge in [-0.1, -0.05) is 0 Å². The number of carbonyl (C=O) groups excluding carboxylic acids is 1. The lowest BCUT2D eigenvalue weighted by Crippen LogP contribution is -1.90. The van der Waals surface area contributed by atoms with Gasteiger partial charge in [0.2, 0.25) is 5.24 Å². The largest absolute Gasteiger partial charge is 0.281 e. The van der Waals surface area contributed by atoms with Gasteiger partial charge < -0.3 is 0 Å². The summed E-state index contributed by atoms with van der Waals surface area (Å²) in [5.41, 5.74) is 0.457. The van der Waals surface area contributed by atoms with E-state index >= 15 is 0 Å². The van der Waals surface area contributed by atoms with Crippen LogP contribution in [0.2, 0.25) is 0 Å². The molecule has 2 aliphatic carbocycles. The molecule has 1 spiro atoms. The minimum absolute atomic E-state index is 0.109. The molecule has 2 fully saturated rings. The second-order valence-corrected chi connectivity index (χ2v) is 3.30. The number of hydrogen-bond acceptors (Lipinski definition) is 1. The summed E-state index contributed by atoms with van der Waals surface area (Å²) in [4.78, 5) is 10.4. The molecule has 0 aromatic rings. The van der Waals surface area contributed by atoms with Gasteiger partial charge in [-0.3, -0.25) is 4.79 Å². The molecule has 0 bridgehead atoms. The zero-order valence-corrected chi connectivity index (χ0v) is 5.24. The van der Waals surface area contributed by atoms with Crippen LogP contribution < -0.4 is 0 Å². The third-order valence-electron chi connectivity index (χ3n) is 2.36. The van der Waals surface area contributed by atoms with Crippen molar-refractivity contribution < 1.29 is 4.79 Å². The van der Waals surface area contributed by atoms with Gasteiger partial charge in [-0.05, 0) is 36.3 Å². The van der Waals surface area contributed by atoms with Gasteiger partial charge in [0.25, 0.3) is 0 Å². The summed E-state index contributed by atoms with van der Waals surface area (Å²) in [5.74, 6) is 0.254. The van der Waals surface area contributed by atoms with Crippen molar-refractivity contribution in [3.05, 3.63) is 0 Å². The van der Waals surface area contributed by atoms with Crippen LogP contribution in [0.4, 0.5) is 0 Å². The average Bonchev–Trinajstić information content (AvgIpc) is 2.50. The molecular weight excluding hydrogens is 124 g/mol. The highest BCUT2D eigenvalue weighted by atomic mass is 35.5. The summed E-state index contributed by atoms with van der Waals surface area (Å²) in [6.45, 7) is 0. The van der Waals surface area contributed by atoms with Crippen LogP contribution in [0, 0.1) is 11.3 Å². The molecule has 0 radical (unpaired) electrons. The predicted molar refractivity (Wildman–Crippen MR) is 30.6 cm³/mol. The lowest BCUT2D eigenvalue weighted by Gasteiger charge is -1.80. The Bertz CT molecular complexity index is 149. The fourth-order valence-electron chi connectivity index (χ4n) is 1.38. The quantitative estimate of drug-likeness (QED) is 0.493. The van der Waals surface area contributed by atoms with Crippen molar-refractivity contribution in [1.29, 1.82) is 0 Å². The van der Waals surface area contributed by atoms with Crippen LogP contribution >= 0.6 is 11.6 Å². The Morgan fingerprint density at radius 3 is 2.38 bits per heavy atom. The third-order valence-corrected chi connectivity index (χ3v) is 2.62. The third kappa shape index (κ3) is 0.455. The Morgan fingerprint density at radius 1 is 1.62 bits per heavy atom. The van der Waals surface area contributed by atoms with E-state index in [2.05, 4.69) is 0 Å². The van der Waals surface area contributed by atoms with Gasteiger partial charge in [0, 0.05) is 5.92 Å². The minimum atomic E-state index is -0.109. The fraction of sp³-hybridized carbons (Fsp3) is 0.833. The summed E-state index contributed by atoms with van der Waals surface area (Å²) in [7, 11) is 0. The number of carbonyl (C=O) groups is 1. The van der Waals surface area contributed by atoms with Crippen molar-refractivity contribution in [1.82, 2.24) is 0 Å². The molecule has 0 heterocycles. The van der Waals surface area contributed by atoms with Gasteiger partial charge in [-0.15, -0.1) is 0 Å². The molecule has 0 N–H and O–H groups in total. The van der Waals surface area contributed by atoms with Crippen LogP contribution in [-0.4, -0.2) is 5.24 Å². The number of hydrogen-bond donors (Lipinski definition) is 0.